The lowest BCUT2D eigenvalue weighted by Gasteiger charge is -2.23. The Labute approximate surface area is 218 Å². The number of benzene rings is 1. The van der Waals surface area contributed by atoms with E-state index in [1.165, 1.54) is 29.0 Å². The number of ether oxygens (including phenoxy) is 1. The second kappa shape index (κ2) is 9.12. The maximum absolute atomic E-state index is 6.26. The van der Waals surface area contributed by atoms with Crippen LogP contribution in [0.4, 0.5) is 0 Å². The second-order valence-corrected chi connectivity index (χ2v) is 11.0. The number of hydrogen-bond acceptors (Lipinski definition) is 6. The first-order valence-corrected chi connectivity index (χ1v) is 13.5. The molecule has 0 bridgehead atoms. The van der Waals surface area contributed by atoms with E-state index in [0.717, 1.165) is 63.0 Å². The number of nitrogens with zero attached hydrogens (tertiary/aromatic N) is 4. The summed E-state index contributed by atoms with van der Waals surface area (Å²) in [5.74, 6) is 1.52. The van der Waals surface area contributed by atoms with Crippen molar-refractivity contribution in [2.24, 2.45) is 0 Å². The highest BCUT2D eigenvalue weighted by Gasteiger charge is 2.18. The van der Waals surface area contributed by atoms with E-state index in [0.29, 0.717) is 11.9 Å². The van der Waals surface area contributed by atoms with Gasteiger partial charge in [-0.1, -0.05) is 12.5 Å². The van der Waals surface area contributed by atoms with Gasteiger partial charge in [-0.3, -0.25) is 10.1 Å². The van der Waals surface area contributed by atoms with Crippen molar-refractivity contribution in [3.63, 3.8) is 0 Å². The van der Waals surface area contributed by atoms with Gasteiger partial charge in [-0.05, 0) is 74.6 Å². The smallest absolute Gasteiger partial charge is 0.160 e. The summed E-state index contributed by atoms with van der Waals surface area (Å²) in [6.45, 7) is 2.11. The highest BCUT2D eigenvalue weighted by atomic mass is 32.1. The van der Waals surface area contributed by atoms with Crippen LogP contribution in [0.15, 0.2) is 61.1 Å². The molecule has 6 aromatic rings. The number of aromatic amines is 2. The molecule has 0 aliphatic heterocycles. The Morgan fingerprint density at radius 1 is 0.973 bits per heavy atom. The van der Waals surface area contributed by atoms with E-state index in [9.17, 15) is 0 Å². The van der Waals surface area contributed by atoms with Crippen molar-refractivity contribution in [1.29, 1.82) is 0 Å². The number of fused-ring (bicyclic) bond motifs is 2. The summed E-state index contributed by atoms with van der Waals surface area (Å²) in [7, 11) is 0. The van der Waals surface area contributed by atoms with Crippen LogP contribution in [0, 0.1) is 6.92 Å². The number of hydrogen-bond donors (Lipinski definition) is 2. The van der Waals surface area contributed by atoms with Gasteiger partial charge in [0, 0.05) is 38.7 Å². The van der Waals surface area contributed by atoms with E-state index in [1.807, 2.05) is 24.7 Å². The Morgan fingerprint density at radius 3 is 2.76 bits per heavy atom. The van der Waals surface area contributed by atoms with Gasteiger partial charge in [0.1, 0.15) is 17.0 Å². The van der Waals surface area contributed by atoms with Crippen LogP contribution in [0.2, 0.25) is 0 Å². The van der Waals surface area contributed by atoms with Gasteiger partial charge in [-0.2, -0.15) is 5.10 Å². The van der Waals surface area contributed by atoms with E-state index in [-0.39, 0.29) is 0 Å². The van der Waals surface area contributed by atoms with Gasteiger partial charge < -0.3 is 9.72 Å². The molecule has 0 spiro atoms. The van der Waals surface area contributed by atoms with Crippen LogP contribution in [0.25, 0.3) is 55.2 Å². The SMILES string of the molecule is Cc1ccc(-c2ccnc3[nH]c(-c4n[nH]c5ccc(-c6cncc(OC7CCCCC7)c6)cc45)nc23)s1. The van der Waals surface area contributed by atoms with Gasteiger partial charge in [-0.15, -0.1) is 11.3 Å². The van der Waals surface area contributed by atoms with E-state index >= 15 is 0 Å². The van der Waals surface area contributed by atoms with Crippen molar-refractivity contribution in [3.05, 3.63) is 65.9 Å². The molecule has 1 saturated carbocycles. The lowest BCUT2D eigenvalue weighted by Crippen LogP contribution is -2.19. The lowest BCUT2D eigenvalue weighted by atomic mass is 9.98. The van der Waals surface area contributed by atoms with Crippen LogP contribution in [0.5, 0.6) is 5.75 Å². The molecule has 0 radical (unpaired) electrons. The molecule has 184 valence electrons. The topological polar surface area (TPSA) is 92.4 Å². The predicted octanol–water partition coefficient (Wildman–Crippen LogP) is 7.31. The fourth-order valence-electron chi connectivity index (χ4n) is 5.19. The zero-order chi connectivity index (χ0) is 24.8. The third kappa shape index (κ3) is 4.17. The van der Waals surface area contributed by atoms with Crippen molar-refractivity contribution in [3.8, 4) is 38.8 Å². The molecule has 0 atom stereocenters. The number of thiophene rings is 1. The molecule has 0 unspecified atom stereocenters. The van der Waals surface area contributed by atoms with Crippen LogP contribution >= 0.6 is 11.3 Å². The zero-order valence-corrected chi connectivity index (χ0v) is 21.3. The number of aromatic nitrogens is 6. The summed E-state index contributed by atoms with van der Waals surface area (Å²) in [6.07, 6.45) is 11.8. The third-order valence-corrected chi connectivity index (χ3v) is 8.11. The first-order chi connectivity index (χ1) is 18.2. The second-order valence-electron chi connectivity index (χ2n) is 9.67. The standard InChI is InChI=1S/C29H26N6OS/c1-17-7-10-25(37-17)22-11-12-31-28-26(22)32-29(33-28)27-23-14-18(8-9-24(23)34-35-27)19-13-21(16-30-15-19)36-20-5-3-2-4-6-20/h7-16,20H,2-6H2,1H3,(H,34,35)(H,31,32,33). The summed E-state index contributed by atoms with van der Waals surface area (Å²) in [6, 6.07) is 14.7. The summed E-state index contributed by atoms with van der Waals surface area (Å²) in [4.78, 5) is 19.8. The van der Waals surface area contributed by atoms with E-state index in [1.54, 1.807) is 11.3 Å². The summed E-state index contributed by atoms with van der Waals surface area (Å²) < 4.78 is 6.26. The highest BCUT2D eigenvalue weighted by molar-refractivity contribution is 7.15. The van der Waals surface area contributed by atoms with Crippen molar-refractivity contribution < 1.29 is 4.74 Å². The molecule has 8 heteroatoms. The molecular formula is C29H26N6OS. The van der Waals surface area contributed by atoms with E-state index < -0.39 is 0 Å². The number of nitrogens with one attached hydrogen (secondary N) is 2. The molecule has 0 amide bonds. The Hall–Kier alpha value is -4.04. The molecule has 5 aromatic heterocycles. The Morgan fingerprint density at radius 2 is 1.89 bits per heavy atom. The molecular weight excluding hydrogens is 480 g/mol. The average molecular weight is 507 g/mol. The zero-order valence-electron chi connectivity index (χ0n) is 20.5. The molecule has 7 nitrogen and oxygen atoms in total. The summed E-state index contributed by atoms with van der Waals surface area (Å²) in [5, 5.41) is 8.76. The predicted molar refractivity (Wildman–Crippen MR) is 148 cm³/mol. The lowest BCUT2D eigenvalue weighted by molar-refractivity contribution is 0.154. The fraction of sp³-hybridized carbons (Fsp3) is 0.241. The summed E-state index contributed by atoms with van der Waals surface area (Å²) in [5.41, 5.74) is 6.47. The Bertz CT molecular complexity index is 1730. The van der Waals surface area contributed by atoms with Crippen LogP contribution in [-0.4, -0.2) is 36.2 Å². The monoisotopic (exact) mass is 506 g/mol. The Kier molecular flexibility index (Phi) is 5.47. The van der Waals surface area contributed by atoms with Crippen molar-refractivity contribution in [2.45, 2.75) is 45.1 Å². The minimum absolute atomic E-state index is 0.290. The normalized spacial score (nSPS) is 14.5. The number of imidazole rings is 1. The first-order valence-electron chi connectivity index (χ1n) is 12.7. The van der Waals surface area contributed by atoms with Gasteiger partial charge in [0.05, 0.1) is 17.8 Å². The number of rotatable bonds is 5. The van der Waals surface area contributed by atoms with Crippen LogP contribution in [0.3, 0.4) is 0 Å². The van der Waals surface area contributed by atoms with Gasteiger partial charge in [-0.25, -0.2) is 9.97 Å². The molecule has 0 saturated heterocycles. The first kappa shape index (κ1) is 22.2. The third-order valence-electron chi connectivity index (χ3n) is 7.08. The number of pyridine rings is 2. The van der Waals surface area contributed by atoms with Crippen molar-refractivity contribution >= 4 is 33.4 Å². The largest absolute Gasteiger partial charge is 0.489 e. The Balaban J connectivity index is 1.26. The number of aryl methyl sites for hydroxylation is 1. The molecule has 1 aliphatic rings. The maximum Gasteiger partial charge on any atom is 0.160 e. The molecule has 7 rings (SSSR count). The molecule has 1 aromatic carbocycles. The van der Waals surface area contributed by atoms with Crippen molar-refractivity contribution in [1.82, 2.24) is 30.1 Å². The number of H-pyrrole nitrogens is 2. The molecule has 5 heterocycles. The average Bonchev–Trinajstić information content (AvgIpc) is 3.66. The van der Waals surface area contributed by atoms with Gasteiger partial charge in [0.2, 0.25) is 0 Å². The van der Waals surface area contributed by atoms with Gasteiger partial charge >= 0.3 is 0 Å². The van der Waals surface area contributed by atoms with Crippen LogP contribution in [0.1, 0.15) is 37.0 Å². The van der Waals surface area contributed by atoms with Gasteiger partial charge in [0.15, 0.2) is 11.5 Å². The van der Waals surface area contributed by atoms with Crippen molar-refractivity contribution in [2.75, 3.05) is 0 Å². The van der Waals surface area contributed by atoms with Crippen LogP contribution < -0.4 is 4.74 Å². The highest BCUT2D eigenvalue weighted by Crippen LogP contribution is 2.35. The maximum atomic E-state index is 6.26. The molecule has 1 aliphatic carbocycles. The van der Waals surface area contributed by atoms with E-state index in [2.05, 4.69) is 68.5 Å². The molecule has 37 heavy (non-hydrogen) atoms. The van der Waals surface area contributed by atoms with Crippen LogP contribution in [-0.2, 0) is 0 Å². The summed E-state index contributed by atoms with van der Waals surface area (Å²) >= 11 is 1.76. The minimum atomic E-state index is 0.290. The molecule has 1 fully saturated rings. The minimum Gasteiger partial charge on any atom is -0.489 e. The van der Waals surface area contributed by atoms with E-state index in [4.69, 9.17) is 9.72 Å². The molecule has 2 N–H and O–H groups in total. The quantitative estimate of drug-likeness (QED) is 0.256. The fourth-order valence-corrected chi connectivity index (χ4v) is 6.09. The van der Waals surface area contributed by atoms with Gasteiger partial charge in [0.25, 0.3) is 0 Å².